The van der Waals surface area contributed by atoms with Crippen molar-refractivity contribution in [2.24, 2.45) is 0 Å². The van der Waals surface area contributed by atoms with Gasteiger partial charge < -0.3 is 10.1 Å². The molecule has 5 nitrogen and oxygen atoms in total. The number of aromatic nitrogens is 3. The second-order valence-corrected chi connectivity index (χ2v) is 5.90. The fraction of sp³-hybridized carbons (Fsp3) is 0.500. The maximum absolute atomic E-state index is 6.00. The van der Waals surface area contributed by atoms with Crippen LogP contribution in [-0.2, 0) is 6.54 Å². The molecule has 2 aromatic rings. The van der Waals surface area contributed by atoms with E-state index in [0.717, 1.165) is 24.5 Å². The molecule has 0 spiro atoms. The lowest BCUT2D eigenvalue weighted by molar-refractivity contribution is 0.206. The van der Waals surface area contributed by atoms with Crippen LogP contribution in [0.3, 0.4) is 0 Å². The van der Waals surface area contributed by atoms with Crippen LogP contribution in [0.5, 0.6) is 5.75 Å². The molecule has 1 aliphatic heterocycles. The predicted molar refractivity (Wildman–Crippen MR) is 81.4 cm³/mol. The summed E-state index contributed by atoms with van der Waals surface area (Å²) in [5.74, 6) is 1.43. The quantitative estimate of drug-likeness (QED) is 0.917. The standard InChI is InChI=1S/C16H22N4O/c1-11(2)20-10-13(18-19-20)8-17-9-16-12(3)14-6-4-5-7-15(14)21-16/h4-7,10-12,16-17H,8-9H2,1-3H3/t12-,16-/m1/s1. The molecule has 0 aliphatic carbocycles. The topological polar surface area (TPSA) is 52.0 Å². The lowest BCUT2D eigenvalue weighted by Gasteiger charge is -2.15. The van der Waals surface area contributed by atoms with E-state index < -0.39 is 0 Å². The van der Waals surface area contributed by atoms with Crippen molar-refractivity contribution in [2.75, 3.05) is 6.54 Å². The number of benzene rings is 1. The smallest absolute Gasteiger partial charge is 0.123 e. The summed E-state index contributed by atoms with van der Waals surface area (Å²) in [4.78, 5) is 0. The molecule has 0 amide bonds. The highest BCUT2D eigenvalue weighted by Crippen LogP contribution is 2.37. The fourth-order valence-electron chi connectivity index (χ4n) is 2.64. The maximum Gasteiger partial charge on any atom is 0.123 e. The number of hydrogen-bond donors (Lipinski definition) is 1. The molecule has 3 rings (SSSR count). The number of hydrogen-bond acceptors (Lipinski definition) is 4. The largest absolute Gasteiger partial charge is 0.488 e. The summed E-state index contributed by atoms with van der Waals surface area (Å²) in [6.07, 6.45) is 2.17. The van der Waals surface area contributed by atoms with Crippen LogP contribution < -0.4 is 10.1 Å². The van der Waals surface area contributed by atoms with Crippen LogP contribution in [0.25, 0.3) is 0 Å². The van der Waals surface area contributed by atoms with Crippen molar-refractivity contribution in [1.29, 1.82) is 0 Å². The number of nitrogens with zero attached hydrogens (tertiary/aromatic N) is 3. The first-order chi connectivity index (χ1) is 10.1. The van der Waals surface area contributed by atoms with Crippen molar-refractivity contribution in [1.82, 2.24) is 20.3 Å². The minimum Gasteiger partial charge on any atom is -0.488 e. The minimum absolute atomic E-state index is 0.183. The van der Waals surface area contributed by atoms with E-state index in [9.17, 15) is 0 Å². The second-order valence-electron chi connectivity index (χ2n) is 5.90. The van der Waals surface area contributed by atoms with Crippen LogP contribution in [0, 0.1) is 0 Å². The summed E-state index contributed by atoms with van der Waals surface area (Å²) in [5.41, 5.74) is 2.27. The molecule has 0 radical (unpaired) electrons. The zero-order chi connectivity index (χ0) is 14.8. The Bertz CT molecular complexity index is 608. The van der Waals surface area contributed by atoms with Crippen molar-refractivity contribution in [3.05, 3.63) is 41.7 Å². The number of ether oxygens (including phenoxy) is 1. The molecule has 1 aromatic heterocycles. The molecule has 0 fully saturated rings. The van der Waals surface area contributed by atoms with Gasteiger partial charge in [0.15, 0.2) is 0 Å². The second kappa shape index (κ2) is 5.85. The molecule has 21 heavy (non-hydrogen) atoms. The van der Waals surface area contributed by atoms with E-state index in [2.05, 4.69) is 48.5 Å². The van der Waals surface area contributed by atoms with Crippen LogP contribution in [0.1, 0.15) is 44.0 Å². The zero-order valence-corrected chi connectivity index (χ0v) is 12.8. The molecular weight excluding hydrogens is 264 g/mol. The molecule has 0 bridgehead atoms. The van der Waals surface area contributed by atoms with E-state index in [1.165, 1.54) is 5.56 Å². The Hall–Kier alpha value is -1.88. The Morgan fingerprint density at radius 2 is 2.14 bits per heavy atom. The molecule has 0 saturated carbocycles. The molecule has 0 unspecified atom stereocenters. The van der Waals surface area contributed by atoms with Crippen LogP contribution in [0.4, 0.5) is 0 Å². The Balaban J connectivity index is 1.52. The van der Waals surface area contributed by atoms with Gasteiger partial charge in [0.05, 0.1) is 11.9 Å². The monoisotopic (exact) mass is 286 g/mol. The van der Waals surface area contributed by atoms with Crippen molar-refractivity contribution in [2.45, 2.75) is 45.4 Å². The van der Waals surface area contributed by atoms with E-state index in [1.54, 1.807) is 0 Å². The predicted octanol–water partition coefficient (Wildman–Crippen LogP) is 2.51. The van der Waals surface area contributed by atoms with Gasteiger partial charge in [-0.05, 0) is 19.9 Å². The van der Waals surface area contributed by atoms with Gasteiger partial charge in [0, 0.05) is 30.6 Å². The Morgan fingerprint density at radius 3 is 2.86 bits per heavy atom. The summed E-state index contributed by atoms with van der Waals surface area (Å²) in [6.45, 7) is 7.93. The highest BCUT2D eigenvalue weighted by Gasteiger charge is 2.29. The van der Waals surface area contributed by atoms with Crippen molar-refractivity contribution >= 4 is 0 Å². The van der Waals surface area contributed by atoms with Gasteiger partial charge in [0.2, 0.25) is 0 Å². The molecular formula is C16H22N4O. The zero-order valence-electron chi connectivity index (χ0n) is 12.8. The van der Waals surface area contributed by atoms with Crippen molar-refractivity contribution in [3.63, 3.8) is 0 Å². The van der Waals surface area contributed by atoms with Crippen LogP contribution in [0.2, 0.25) is 0 Å². The third-order valence-corrected chi connectivity index (χ3v) is 3.98. The number of nitrogens with one attached hydrogen (secondary N) is 1. The lowest BCUT2D eigenvalue weighted by Crippen LogP contribution is -2.31. The Labute approximate surface area is 125 Å². The van der Waals surface area contributed by atoms with E-state index in [4.69, 9.17) is 4.74 Å². The highest BCUT2D eigenvalue weighted by atomic mass is 16.5. The highest BCUT2D eigenvalue weighted by molar-refractivity contribution is 5.40. The molecule has 5 heteroatoms. The maximum atomic E-state index is 6.00. The first kappa shape index (κ1) is 14.1. The minimum atomic E-state index is 0.183. The normalized spacial score (nSPS) is 20.6. The van der Waals surface area contributed by atoms with Crippen molar-refractivity contribution < 1.29 is 4.74 Å². The van der Waals surface area contributed by atoms with E-state index >= 15 is 0 Å². The van der Waals surface area contributed by atoms with E-state index in [-0.39, 0.29) is 6.10 Å². The number of rotatable bonds is 5. The summed E-state index contributed by atoms with van der Waals surface area (Å²) in [6, 6.07) is 8.62. The SMILES string of the molecule is CC(C)n1cc(CNC[C@H]2Oc3ccccc3[C@H]2C)nn1. The Morgan fingerprint density at radius 1 is 1.33 bits per heavy atom. The number of fused-ring (bicyclic) bond motifs is 1. The van der Waals surface area contributed by atoms with E-state index in [0.29, 0.717) is 12.0 Å². The van der Waals surface area contributed by atoms with Gasteiger partial charge in [0.25, 0.3) is 0 Å². The summed E-state index contributed by atoms with van der Waals surface area (Å²) < 4.78 is 7.87. The Kier molecular flexibility index (Phi) is 3.92. The molecule has 1 aliphatic rings. The van der Waals surface area contributed by atoms with Crippen LogP contribution in [0.15, 0.2) is 30.5 Å². The van der Waals surface area contributed by atoms with Gasteiger partial charge in [-0.15, -0.1) is 5.10 Å². The van der Waals surface area contributed by atoms with E-state index in [1.807, 2.05) is 23.0 Å². The summed E-state index contributed by atoms with van der Waals surface area (Å²) >= 11 is 0. The van der Waals surface area contributed by atoms with Crippen LogP contribution >= 0.6 is 0 Å². The van der Waals surface area contributed by atoms with Gasteiger partial charge in [-0.2, -0.15) is 0 Å². The molecule has 1 aromatic carbocycles. The first-order valence-electron chi connectivity index (χ1n) is 7.52. The lowest BCUT2D eigenvalue weighted by atomic mass is 9.98. The molecule has 1 N–H and O–H groups in total. The van der Waals surface area contributed by atoms with Gasteiger partial charge in [-0.25, -0.2) is 4.68 Å². The summed E-state index contributed by atoms with van der Waals surface area (Å²) in [5, 5.41) is 11.7. The average molecular weight is 286 g/mol. The third kappa shape index (κ3) is 2.93. The van der Waals surface area contributed by atoms with Crippen LogP contribution in [-0.4, -0.2) is 27.6 Å². The summed E-state index contributed by atoms with van der Waals surface area (Å²) in [7, 11) is 0. The third-order valence-electron chi connectivity index (χ3n) is 3.98. The van der Waals surface area contributed by atoms with Gasteiger partial charge in [0.1, 0.15) is 11.9 Å². The fourth-order valence-corrected chi connectivity index (χ4v) is 2.64. The molecule has 2 atom stereocenters. The van der Waals surface area contributed by atoms with Gasteiger partial charge >= 0.3 is 0 Å². The molecule has 112 valence electrons. The van der Waals surface area contributed by atoms with Crippen molar-refractivity contribution in [3.8, 4) is 5.75 Å². The molecule has 2 heterocycles. The first-order valence-corrected chi connectivity index (χ1v) is 7.52. The van der Waals surface area contributed by atoms with Gasteiger partial charge in [-0.3, -0.25) is 0 Å². The number of para-hydroxylation sites is 1. The average Bonchev–Trinajstić information content (AvgIpc) is 3.06. The molecule has 0 saturated heterocycles. The van der Waals surface area contributed by atoms with Gasteiger partial charge in [-0.1, -0.05) is 30.3 Å².